The molecular formula is C25H30N2O5S. The van der Waals surface area contributed by atoms with Gasteiger partial charge in [-0.15, -0.1) is 11.3 Å². The van der Waals surface area contributed by atoms with Gasteiger partial charge in [0.25, 0.3) is 5.91 Å². The molecule has 0 aliphatic carbocycles. The first kappa shape index (κ1) is 24.5. The molecule has 2 aromatic carbocycles. The lowest BCUT2D eigenvalue weighted by Crippen LogP contribution is -2.32. The van der Waals surface area contributed by atoms with E-state index in [-0.39, 0.29) is 12.5 Å². The van der Waals surface area contributed by atoms with E-state index in [0.717, 1.165) is 22.7 Å². The number of aryl methyl sites for hydroxylation is 1. The number of carbonyl (C=O) groups excluding carboxylic acids is 1. The average Bonchev–Trinajstić information content (AvgIpc) is 3.29. The van der Waals surface area contributed by atoms with Gasteiger partial charge in [-0.05, 0) is 37.1 Å². The fourth-order valence-electron chi connectivity index (χ4n) is 3.41. The van der Waals surface area contributed by atoms with Crippen molar-refractivity contribution in [1.82, 2.24) is 9.88 Å². The van der Waals surface area contributed by atoms with Crippen LogP contribution in [0.15, 0.2) is 47.8 Å². The summed E-state index contributed by atoms with van der Waals surface area (Å²) in [7, 11) is 4.84. The number of rotatable bonds is 12. The van der Waals surface area contributed by atoms with Gasteiger partial charge in [0.15, 0.2) is 11.5 Å². The Morgan fingerprint density at radius 1 is 1.03 bits per heavy atom. The molecule has 0 radical (unpaired) electrons. The minimum Gasteiger partial charge on any atom is -0.493 e. The van der Waals surface area contributed by atoms with Crippen LogP contribution in [0.25, 0.3) is 0 Å². The largest absolute Gasteiger partial charge is 0.493 e. The Balaban J connectivity index is 1.71. The van der Waals surface area contributed by atoms with Crippen LogP contribution in [0, 0.1) is 6.92 Å². The molecule has 7 nitrogen and oxygen atoms in total. The van der Waals surface area contributed by atoms with Crippen molar-refractivity contribution in [2.75, 3.05) is 34.5 Å². The van der Waals surface area contributed by atoms with Gasteiger partial charge < -0.3 is 23.8 Å². The van der Waals surface area contributed by atoms with Gasteiger partial charge in [-0.3, -0.25) is 4.79 Å². The molecule has 0 aliphatic rings. The third-order valence-electron chi connectivity index (χ3n) is 5.11. The summed E-state index contributed by atoms with van der Waals surface area (Å²) in [5.74, 6) is 1.72. The molecule has 3 rings (SSSR count). The maximum absolute atomic E-state index is 13.2. The van der Waals surface area contributed by atoms with E-state index in [2.05, 4.69) is 4.98 Å². The lowest BCUT2D eigenvalue weighted by atomic mass is 10.1. The Hall–Kier alpha value is -3.10. The standard InChI is InChI=1S/C25H30N2O5S/c1-18-9-5-6-10-20(18)25(28)27(13-8-14-29-2)15-19-17-33-23(26-19)16-32-24-21(30-3)11-7-12-22(24)31-4/h5-7,9-12,17H,8,13-16H2,1-4H3. The SMILES string of the molecule is COCCCN(Cc1csc(COc2c(OC)cccc2OC)n1)C(=O)c1ccccc1C. The molecule has 0 unspecified atom stereocenters. The summed E-state index contributed by atoms with van der Waals surface area (Å²) in [6.45, 7) is 3.82. The lowest BCUT2D eigenvalue weighted by molar-refractivity contribution is 0.0721. The lowest BCUT2D eigenvalue weighted by Gasteiger charge is -2.22. The van der Waals surface area contributed by atoms with Crippen molar-refractivity contribution in [2.45, 2.75) is 26.5 Å². The van der Waals surface area contributed by atoms with E-state index in [1.54, 1.807) is 21.3 Å². The Kier molecular flexibility index (Phi) is 9.09. The Morgan fingerprint density at radius 3 is 2.42 bits per heavy atom. The summed E-state index contributed by atoms with van der Waals surface area (Å²) in [5.41, 5.74) is 2.49. The van der Waals surface area contributed by atoms with Crippen LogP contribution < -0.4 is 14.2 Å². The fourth-order valence-corrected chi connectivity index (χ4v) is 4.11. The van der Waals surface area contributed by atoms with E-state index < -0.39 is 0 Å². The van der Waals surface area contributed by atoms with Crippen molar-refractivity contribution in [3.05, 3.63) is 69.7 Å². The number of methoxy groups -OCH3 is 3. The van der Waals surface area contributed by atoms with Gasteiger partial charge in [0.05, 0.1) is 26.5 Å². The van der Waals surface area contributed by atoms with E-state index in [4.69, 9.17) is 18.9 Å². The predicted octanol–water partition coefficient (Wildman–Crippen LogP) is 4.73. The molecule has 0 N–H and O–H groups in total. The second kappa shape index (κ2) is 12.2. The number of aromatic nitrogens is 1. The number of benzene rings is 2. The van der Waals surface area contributed by atoms with E-state index in [1.165, 1.54) is 11.3 Å². The average molecular weight is 471 g/mol. The van der Waals surface area contributed by atoms with Crippen LogP contribution in [0.1, 0.15) is 33.0 Å². The van der Waals surface area contributed by atoms with E-state index in [1.807, 2.05) is 59.7 Å². The monoisotopic (exact) mass is 470 g/mol. The predicted molar refractivity (Wildman–Crippen MR) is 128 cm³/mol. The Labute approximate surface area is 198 Å². The van der Waals surface area contributed by atoms with Crippen LogP contribution in [-0.4, -0.2) is 50.3 Å². The van der Waals surface area contributed by atoms with Crippen molar-refractivity contribution in [1.29, 1.82) is 0 Å². The number of amides is 1. The molecule has 176 valence electrons. The summed E-state index contributed by atoms with van der Waals surface area (Å²) in [6.07, 6.45) is 0.752. The van der Waals surface area contributed by atoms with Gasteiger partial charge >= 0.3 is 0 Å². The summed E-state index contributed by atoms with van der Waals surface area (Å²) >= 11 is 1.50. The molecule has 0 atom stereocenters. The summed E-state index contributed by atoms with van der Waals surface area (Å²) < 4.78 is 21.9. The van der Waals surface area contributed by atoms with Crippen LogP contribution >= 0.6 is 11.3 Å². The maximum atomic E-state index is 13.2. The number of nitrogens with zero attached hydrogens (tertiary/aromatic N) is 2. The second-order valence-electron chi connectivity index (χ2n) is 7.40. The number of hydrogen-bond donors (Lipinski definition) is 0. The van der Waals surface area contributed by atoms with E-state index in [9.17, 15) is 4.79 Å². The first-order chi connectivity index (χ1) is 16.1. The third-order valence-corrected chi connectivity index (χ3v) is 5.99. The molecule has 8 heteroatoms. The molecule has 0 saturated heterocycles. The highest BCUT2D eigenvalue weighted by Crippen LogP contribution is 2.37. The summed E-state index contributed by atoms with van der Waals surface area (Å²) in [5, 5.41) is 2.77. The molecule has 0 aliphatic heterocycles. The van der Waals surface area contributed by atoms with Crippen LogP contribution in [-0.2, 0) is 17.9 Å². The van der Waals surface area contributed by atoms with Gasteiger partial charge in [-0.2, -0.15) is 0 Å². The molecule has 0 bridgehead atoms. The first-order valence-electron chi connectivity index (χ1n) is 10.7. The Bertz CT molecular complexity index is 1030. The zero-order valence-electron chi connectivity index (χ0n) is 19.5. The van der Waals surface area contributed by atoms with Crippen LogP contribution in [0.2, 0.25) is 0 Å². The zero-order valence-corrected chi connectivity index (χ0v) is 20.3. The molecule has 33 heavy (non-hydrogen) atoms. The fraction of sp³-hybridized carbons (Fsp3) is 0.360. The number of thiazole rings is 1. The number of carbonyl (C=O) groups is 1. The van der Waals surface area contributed by atoms with Gasteiger partial charge in [0, 0.05) is 31.2 Å². The highest BCUT2D eigenvalue weighted by atomic mass is 32.1. The normalized spacial score (nSPS) is 10.7. The number of ether oxygens (including phenoxy) is 4. The zero-order chi connectivity index (χ0) is 23.6. The highest BCUT2D eigenvalue weighted by Gasteiger charge is 2.19. The molecule has 1 aromatic heterocycles. The van der Waals surface area contributed by atoms with Crippen LogP contribution in [0.4, 0.5) is 0 Å². The molecule has 0 spiro atoms. The summed E-state index contributed by atoms with van der Waals surface area (Å²) in [4.78, 5) is 19.7. The number of para-hydroxylation sites is 1. The quantitative estimate of drug-likeness (QED) is 0.357. The van der Waals surface area contributed by atoms with Crippen molar-refractivity contribution >= 4 is 17.2 Å². The van der Waals surface area contributed by atoms with E-state index in [0.29, 0.717) is 42.5 Å². The molecule has 3 aromatic rings. The van der Waals surface area contributed by atoms with Crippen molar-refractivity contribution in [3.8, 4) is 17.2 Å². The van der Waals surface area contributed by atoms with Crippen molar-refractivity contribution in [2.24, 2.45) is 0 Å². The molecular weight excluding hydrogens is 440 g/mol. The van der Waals surface area contributed by atoms with Gasteiger partial charge in [0.2, 0.25) is 5.75 Å². The highest BCUT2D eigenvalue weighted by molar-refractivity contribution is 7.09. The summed E-state index contributed by atoms with van der Waals surface area (Å²) in [6, 6.07) is 13.1. The van der Waals surface area contributed by atoms with Gasteiger partial charge in [-0.1, -0.05) is 24.3 Å². The smallest absolute Gasteiger partial charge is 0.254 e. The topological polar surface area (TPSA) is 70.1 Å². The van der Waals surface area contributed by atoms with Gasteiger partial charge in [-0.25, -0.2) is 4.98 Å². The molecule has 1 amide bonds. The minimum atomic E-state index is -0.00578. The second-order valence-corrected chi connectivity index (χ2v) is 8.34. The van der Waals surface area contributed by atoms with Crippen LogP contribution in [0.3, 0.4) is 0 Å². The number of hydrogen-bond acceptors (Lipinski definition) is 7. The third kappa shape index (κ3) is 6.46. The van der Waals surface area contributed by atoms with Crippen molar-refractivity contribution < 1.29 is 23.7 Å². The van der Waals surface area contributed by atoms with Crippen molar-refractivity contribution in [3.63, 3.8) is 0 Å². The minimum absolute atomic E-state index is 0.00578. The first-order valence-corrected chi connectivity index (χ1v) is 11.6. The molecule has 0 saturated carbocycles. The van der Waals surface area contributed by atoms with Crippen LogP contribution in [0.5, 0.6) is 17.2 Å². The van der Waals surface area contributed by atoms with E-state index >= 15 is 0 Å². The van der Waals surface area contributed by atoms with Gasteiger partial charge in [0.1, 0.15) is 11.6 Å². The maximum Gasteiger partial charge on any atom is 0.254 e. The molecule has 1 heterocycles. The molecule has 0 fully saturated rings. The Morgan fingerprint density at radius 2 is 1.76 bits per heavy atom.